The van der Waals surface area contributed by atoms with Crippen LogP contribution in [0.25, 0.3) is 22.3 Å². The molecule has 38 heavy (non-hydrogen) atoms. The highest BCUT2D eigenvalue weighted by Gasteiger charge is 2.02. The Morgan fingerprint density at radius 2 is 0.526 bits per heavy atom. The summed E-state index contributed by atoms with van der Waals surface area (Å²) in [7, 11) is 3.79. The first kappa shape index (κ1) is 24.6. The lowest BCUT2D eigenvalue weighted by Gasteiger charge is -2.06. The molecule has 0 saturated carbocycles. The van der Waals surface area contributed by atoms with Crippen molar-refractivity contribution in [1.82, 2.24) is 0 Å². The van der Waals surface area contributed by atoms with Crippen LogP contribution < -0.4 is 10.6 Å². The van der Waals surface area contributed by atoms with E-state index < -0.39 is 0 Å². The SMILES string of the molecule is CNc1ccc(/N=N/c2ccc(-c3ccc(-c4ccc(/N=N/c5ccc(NC)cc5)cc4)cc3)cc2)cc1. The van der Waals surface area contributed by atoms with Crippen LogP contribution in [0.2, 0.25) is 0 Å². The number of azo groups is 2. The van der Waals surface area contributed by atoms with E-state index in [1.165, 1.54) is 0 Å². The van der Waals surface area contributed by atoms with Gasteiger partial charge in [-0.25, -0.2) is 0 Å². The first-order valence-electron chi connectivity index (χ1n) is 12.4. The van der Waals surface area contributed by atoms with Gasteiger partial charge in [-0.2, -0.15) is 20.5 Å². The maximum Gasteiger partial charge on any atom is 0.0858 e. The van der Waals surface area contributed by atoms with Crippen molar-refractivity contribution in [3.8, 4) is 22.3 Å². The zero-order valence-electron chi connectivity index (χ0n) is 21.3. The van der Waals surface area contributed by atoms with Crippen LogP contribution in [0.15, 0.2) is 142 Å². The van der Waals surface area contributed by atoms with E-state index in [9.17, 15) is 0 Å². The van der Waals surface area contributed by atoms with Gasteiger partial charge in [0.1, 0.15) is 0 Å². The molecule has 0 spiro atoms. The standard InChI is InChI=1S/C32H28N6/c1-33-27-15-19-31(20-16-27)37-35-29-11-7-25(8-12-29)23-3-5-24(6-4-23)26-9-13-30(14-10-26)36-38-32-21-17-28(34-2)18-22-32/h3-22,33-34H,1-2H3/b37-35+,38-36+. The van der Waals surface area contributed by atoms with Gasteiger partial charge in [0.2, 0.25) is 0 Å². The number of benzene rings is 5. The minimum atomic E-state index is 0.815. The number of rotatable bonds is 8. The van der Waals surface area contributed by atoms with Crippen molar-refractivity contribution in [3.05, 3.63) is 121 Å². The fourth-order valence-electron chi connectivity index (χ4n) is 3.92. The second-order valence-corrected chi connectivity index (χ2v) is 8.66. The summed E-state index contributed by atoms with van der Waals surface area (Å²) in [5.74, 6) is 0. The van der Waals surface area contributed by atoms with Crippen molar-refractivity contribution in [2.24, 2.45) is 20.5 Å². The number of nitrogens with one attached hydrogen (secondary N) is 2. The Kier molecular flexibility index (Phi) is 7.61. The average Bonchev–Trinajstić information content (AvgIpc) is 3.00. The lowest BCUT2D eigenvalue weighted by Crippen LogP contribution is -1.85. The highest BCUT2D eigenvalue weighted by Crippen LogP contribution is 2.29. The Morgan fingerprint density at radius 3 is 0.763 bits per heavy atom. The van der Waals surface area contributed by atoms with E-state index in [4.69, 9.17) is 0 Å². The fourth-order valence-corrected chi connectivity index (χ4v) is 3.92. The summed E-state index contributed by atoms with van der Waals surface area (Å²) in [5, 5.41) is 23.5. The van der Waals surface area contributed by atoms with Crippen LogP contribution in [-0.2, 0) is 0 Å². The molecule has 0 aromatic heterocycles. The second-order valence-electron chi connectivity index (χ2n) is 8.66. The van der Waals surface area contributed by atoms with E-state index in [1.54, 1.807) is 0 Å². The molecule has 0 fully saturated rings. The Labute approximate surface area is 222 Å². The van der Waals surface area contributed by atoms with E-state index in [1.807, 2.05) is 86.9 Å². The van der Waals surface area contributed by atoms with Crippen molar-refractivity contribution in [1.29, 1.82) is 0 Å². The molecule has 186 valence electrons. The molecule has 0 heterocycles. The molecule has 0 bridgehead atoms. The van der Waals surface area contributed by atoms with Gasteiger partial charge in [0.25, 0.3) is 0 Å². The normalized spacial score (nSPS) is 11.2. The molecule has 0 radical (unpaired) electrons. The van der Waals surface area contributed by atoms with Crippen LogP contribution in [0.1, 0.15) is 0 Å². The van der Waals surface area contributed by atoms with Gasteiger partial charge in [-0.15, -0.1) is 0 Å². The number of hydrogen-bond acceptors (Lipinski definition) is 6. The Hall–Kier alpha value is -5.10. The quantitative estimate of drug-likeness (QED) is 0.210. The third-order valence-electron chi connectivity index (χ3n) is 6.16. The third-order valence-corrected chi connectivity index (χ3v) is 6.16. The van der Waals surface area contributed by atoms with Crippen molar-refractivity contribution >= 4 is 34.1 Å². The van der Waals surface area contributed by atoms with Crippen LogP contribution >= 0.6 is 0 Å². The van der Waals surface area contributed by atoms with Gasteiger partial charge in [-0.1, -0.05) is 48.5 Å². The summed E-state index contributed by atoms with van der Waals surface area (Å²) in [4.78, 5) is 0. The van der Waals surface area contributed by atoms with E-state index in [0.717, 1.165) is 56.4 Å². The van der Waals surface area contributed by atoms with Crippen molar-refractivity contribution in [2.45, 2.75) is 0 Å². The van der Waals surface area contributed by atoms with Crippen molar-refractivity contribution in [2.75, 3.05) is 24.7 Å². The van der Waals surface area contributed by atoms with Gasteiger partial charge in [0, 0.05) is 25.5 Å². The molecular weight excluding hydrogens is 468 g/mol. The smallest absolute Gasteiger partial charge is 0.0858 e. The summed E-state index contributed by atoms with van der Waals surface area (Å²) in [5.41, 5.74) is 9.92. The lowest BCUT2D eigenvalue weighted by molar-refractivity contribution is 1.23. The monoisotopic (exact) mass is 496 g/mol. The molecule has 5 rings (SSSR count). The van der Waals surface area contributed by atoms with E-state index in [0.29, 0.717) is 0 Å². The average molecular weight is 497 g/mol. The molecule has 6 nitrogen and oxygen atoms in total. The summed E-state index contributed by atoms with van der Waals surface area (Å²) in [6.07, 6.45) is 0. The maximum atomic E-state index is 4.35. The van der Waals surface area contributed by atoms with E-state index in [2.05, 4.69) is 79.6 Å². The summed E-state index contributed by atoms with van der Waals surface area (Å²) >= 11 is 0. The topological polar surface area (TPSA) is 73.5 Å². The first-order valence-corrected chi connectivity index (χ1v) is 12.4. The first-order chi connectivity index (χ1) is 18.7. The summed E-state index contributed by atoms with van der Waals surface area (Å²) in [6.45, 7) is 0. The molecule has 0 amide bonds. The predicted molar refractivity (Wildman–Crippen MR) is 158 cm³/mol. The van der Waals surface area contributed by atoms with Gasteiger partial charge in [-0.3, -0.25) is 0 Å². The van der Waals surface area contributed by atoms with E-state index >= 15 is 0 Å². The highest BCUT2D eigenvalue weighted by atomic mass is 15.1. The number of nitrogens with zero attached hydrogens (tertiary/aromatic N) is 4. The second kappa shape index (κ2) is 11.8. The van der Waals surface area contributed by atoms with Gasteiger partial charge < -0.3 is 10.6 Å². The van der Waals surface area contributed by atoms with Gasteiger partial charge in [0.05, 0.1) is 22.7 Å². The molecule has 5 aromatic carbocycles. The van der Waals surface area contributed by atoms with Gasteiger partial charge in [-0.05, 0) is 95.1 Å². The van der Waals surface area contributed by atoms with Crippen LogP contribution in [-0.4, -0.2) is 14.1 Å². The zero-order valence-corrected chi connectivity index (χ0v) is 21.3. The van der Waals surface area contributed by atoms with Gasteiger partial charge >= 0.3 is 0 Å². The molecule has 0 aliphatic rings. The Bertz CT molecular complexity index is 1400. The minimum Gasteiger partial charge on any atom is -0.388 e. The molecule has 0 unspecified atom stereocenters. The third kappa shape index (κ3) is 6.17. The Morgan fingerprint density at radius 1 is 0.316 bits per heavy atom. The molecule has 0 aliphatic heterocycles. The molecule has 6 heteroatoms. The molecule has 2 N–H and O–H groups in total. The van der Waals surface area contributed by atoms with Crippen LogP contribution in [0, 0.1) is 0 Å². The Balaban J connectivity index is 1.22. The maximum absolute atomic E-state index is 4.35. The minimum absolute atomic E-state index is 0.815. The molecule has 0 atom stereocenters. The van der Waals surface area contributed by atoms with Crippen LogP contribution in [0.4, 0.5) is 34.1 Å². The van der Waals surface area contributed by atoms with Crippen molar-refractivity contribution in [3.63, 3.8) is 0 Å². The van der Waals surface area contributed by atoms with E-state index in [-0.39, 0.29) is 0 Å². The van der Waals surface area contributed by atoms with Crippen LogP contribution in [0.5, 0.6) is 0 Å². The van der Waals surface area contributed by atoms with Gasteiger partial charge in [0.15, 0.2) is 0 Å². The zero-order chi connectivity index (χ0) is 26.2. The largest absolute Gasteiger partial charge is 0.388 e. The van der Waals surface area contributed by atoms with Crippen LogP contribution in [0.3, 0.4) is 0 Å². The molecule has 5 aromatic rings. The van der Waals surface area contributed by atoms with Crippen molar-refractivity contribution < 1.29 is 0 Å². The highest BCUT2D eigenvalue weighted by molar-refractivity contribution is 5.72. The molecule has 0 saturated heterocycles. The summed E-state index contributed by atoms with van der Waals surface area (Å²) < 4.78 is 0. The number of anilines is 2. The predicted octanol–water partition coefficient (Wildman–Crippen LogP) is 9.93. The molecular formula is C32H28N6. The lowest BCUT2D eigenvalue weighted by atomic mass is 10.00. The molecule has 0 aliphatic carbocycles. The number of hydrogen-bond donors (Lipinski definition) is 2. The fraction of sp³-hybridized carbons (Fsp3) is 0.0625. The summed E-state index contributed by atoms with van der Waals surface area (Å²) in [6, 6.07) is 40.4.